The highest BCUT2D eigenvalue weighted by Crippen LogP contribution is 2.13. The van der Waals surface area contributed by atoms with E-state index in [9.17, 15) is 9.59 Å². The number of ether oxygens (including phenoxy) is 2. The molecule has 0 radical (unpaired) electrons. The lowest BCUT2D eigenvalue weighted by Crippen LogP contribution is -2.22. The van der Waals surface area contributed by atoms with Gasteiger partial charge in [0.1, 0.15) is 11.3 Å². The Bertz CT molecular complexity index is 520. The molecule has 0 unspecified atom stereocenters. The fourth-order valence-corrected chi connectivity index (χ4v) is 1.58. The molecule has 0 saturated heterocycles. The Balaban J connectivity index is 2.77. The molecule has 0 aliphatic rings. The van der Waals surface area contributed by atoms with E-state index in [2.05, 4.69) is 4.98 Å². The molecule has 1 N–H and O–H groups in total. The molecular formula is C15H21NO4. The first-order chi connectivity index (χ1) is 9.23. The second-order valence-electron chi connectivity index (χ2n) is 5.37. The lowest BCUT2D eigenvalue weighted by molar-refractivity contribution is -0.148. The molecule has 1 rings (SSSR count). The summed E-state index contributed by atoms with van der Waals surface area (Å²) in [5, 5.41) is 0. The van der Waals surface area contributed by atoms with E-state index in [0.717, 1.165) is 5.56 Å². The first-order valence-corrected chi connectivity index (χ1v) is 6.50. The van der Waals surface area contributed by atoms with Crippen molar-refractivity contribution in [3.63, 3.8) is 0 Å². The van der Waals surface area contributed by atoms with Crippen molar-refractivity contribution in [2.75, 3.05) is 6.61 Å². The molecule has 5 nitrogen and oxygen atoms in total. The van der Waals surface area contributed by atoms with E-state index in [4.69, 9.17) is 9.47 Å². The van der Waals surface area contributed by atoms with Gasteiger partial charge in [-0.25, -0.2) is 9.59 Å². The van der Waals surface area contributed by atoms with E-state index in [1.807, 2.05) is 0 Å². The zero-order chi connectivity index (χ0) is 15.3. The first kappa shape index (κ1) is 16.0. The van der Waals surface area contributed by atoms with Gasteiger partial charge in [0.15, 0.2) is 0 Å². The normalized spacial score (nSPS) is 11.7. The van der Waals surface area contributed by atoms with Crippen LogP contribution in [0.5, 0.6) is 0 Å². The summed E-state index contributed by atoms with van der Waals surface area (Å²) in [4.78, 5) is 26.1. The molecule has 0 fully saturated rings. The van der Waals surface area contributed by atoms with Gasteiger partial charge in [-0.1, -0.05) is 0 Å². The van der Waals surface area contributed by atoms with Crippen LogP contribution in [0.2, 0.25) is 0 Å². The molecule has 0 amide bonds. The Kier molecular flexibility index (Phi) is 5.13. The van der Waals surface area contributed by atoms with Crippen LogP contribution in [0.15, 0.2) is 12.1 Å². The van der Waals surface area contributed by atoms with Gasteiger partial charge in [-0.3, -0.25) is 0 Å². The van der Waals surface area contributed by atoms with Gasteiger partial charge < -0.3 is 14.5 Å². The standard InChI is InChI=1S/C15H21NO4/c1-6-19-14(18)13-10(2)9-11(16-13)7-8-12(17)20-15(3,4)5/h7-9,16H,6H2,1-5H3/b8-7+. The third-order valence-electron chi connectivity index (χ3n) is 2.32. The molecule has 0 saturated carbocycles. The Hall–Kier alpha value is -2.04. The highest BCUT2D eigenvalue weighted by molar-refractivity contribution is 5.91. The summed E-state index contributed by atoms with van der Waals surface area (Å²) >= 11 is 0. The van der Waals surface area contributed by atoms with E-state index in [1.165, 1.54) is 6.08 Å². The summed E-state index contributed by atoms with van der Waals surface area (Å²) in [7, 11) is 0. The largest absolute Gasteiger partial charge is 0.461 e. The van der Waals surface area contributed by atoms with Gasteiger partial charge in [-0.05, 0) is 52.3 Å². The van der Waals surface area contributed by atoms with Crippen molar-refractivity contribution in [3.8, 4) is 0 Å². The van der Waals surface area contributed by atoms with Crippen LogP contribution < -0.4 is 0 Å². The fourth-order valence-electron chi connectivity index (χ4n) is 1.58. The average molecular weight is 279 g/mol. The smallest absolute Gasteiger partial charge is 0.355 e. The third-order valence-corrected chi connectivity index (χ3v) is 2.32. The highest BCUT2D eigenvalue weighted by Gasteiger charge is 2.15. The minimum Gasteiger partial charge on any atom is -0.461 e. The lowest BCUT2D eigenvalue weighted by Gasteiger charge is -2.17. The van der Waals surface area contributed by atoms with Crippen molar-refractivity contribution in [2.24, 2.45) is 0 Å². The Morgan fingerprint density at radius 3 is 2.55 bits per heavy atom. The van der Waals surface area contributed by atoms with Gasteiger partial charge in [-0.15, -0.1) is 0 Å². The maximum absolute atomic E-state index is 11.6. The molecule has 20 heavy (non-hydrogen) atoms. The predicted octanol–water partition coefficient (Wildman–Crippen LogP) is 2.85. The molecule has 110 valence electrons. The molecule has 1 aromatic heterocycles. The average Bonchev–Trinajstić information content (AvgIpc) is 2.66. The van der Waals surface area contributed by atoms with Crippen LogP contribution in [0.3, 0.4) is 0 Å². The molecule has 5 heteroatoms. The van der Waals surface area contributed by atoms with Crippen LogP contribution in [0.1, 0.15) is 49.4 Å². The molecular weight excluding hydrogens is 258 g/mol. The number of aromatic amines is 1. The van der Waals surface area contributed by atoms with Crippen molar-refractivity contribution in [2.45, 2.75) is 40.2 Å². The molecule has 0 spiro atoms. The third kappa shape index (κ3) is 4.91. The van der Waals surface area contributed by atoms with E-state index in [-0.39, 0.29) is 0 Å². The molecule has 0 bridgehead atoms. The topological polar surface area (TPSA) is 68.4 Å². The van der Waals surface area contributed by atoms with Crippen molar-refractivity contribution in [1.29, 1.82) is 0 Å². The minimum atomic E-state index is -0.525. The lowest BCUT2D eigenvalue weighted by atomic mass is 10.2. The zero-order valence-corrected chi connectivity index (χ0v) is 12.6. The predicted molar refractivity (Wildman–Crippen MR) is 76.4 cm³/mol. The van der Waals surface area contributed by atoms with Crippen LogP contribution in [0.25, 0.3) is 6.08 Å². The summed E-state index contributed by atoms with van der Waals surface area (Å²) in [5.41, 5.74) is 1.29. The number of H-pyrrole nitrogens is 1. The summed E-state index contributed by atoms with van der Waals surface area (Å²) in [6.45, 7) is 9.27. The number of aryl methyl sites for hydroxylation is 1. The summed E-state index contributed by atoms with van der Waals surface area (Å²) in [5.74, 6) is -0.829. The van der Waals surface area contributed by atoms with Gasteiger partial charge in [0, 0.05) is 11.8 Å². The van der Waals surface area contributed by atoms with Crippen molar-refractivity contribution < 1.29 is 19.1 Å². The number of carbonyl (C=O) groups is 2. The molecule has 1 heterocycles. The Morgan fingerprint density at radius 2 is 2.00 bits per heavy atom. The number of nitrogens with one attached hydrogen (secondary N) is 1. The van der Waals surface area contributed by atoms with E-state index in [1.54, 1.807) is 46.8 Å². The number of hydrogen-bond acceptors (Lipinski definition) is 4. The molecule has 0 aromatic carbocycles. The van der Waals surface area contributed by atoms with Gasteiger partial charge in [0.05, 0.1) is 6.61 Å². The maximum Gasteiger partial charge on any atom is 0.355 e. The van der Waals surface area contributed by atoms with Crippen LogP contribution in [0, 0.1) is 6.92 Å². The van der Waals surface area contributed by atoms with Crippen LogP contribution in [-0.2, 0) is 14.3 Å². The van der Waals surface area contributed by atoms with Crippen LogP contribution in [-0.4, -0.2) is 29.1 Å². The number of rotatable bonds is 4. The fraction of sp³-hybridized carbons (Fsp3) is 0.467. The van der Waals surface area contributed by atoms with E-state index < -0.39 is 17.5 Å². The quantitative estimate of drug-likeness (QED) is 0.679. The molecule has 0 atom stereocenters. The van der Waals surface area contributed by atoms with Crippen molar-refractivity contribution >= 4 is 18.0 Å². The summed E-state index contributed by atoms with van der Waals surface area (Å²) < 4.78 is 10.1. The number of esters is 2. The number of aromatic nitrogens is 1. The molecule has 1 aromatic rings. The highest BCUT2D eigenvalue weighted by atomic mass is 16.6. The van der Waals surface area contributed by atoms with Crippen LogP contribution in [0.4, 0.5) is 0 Å². The van der Waals surface area contributed by atoms with Gasteiger partial charge in [0.2, 0.25) is 0 Å². The Morgan fingerprint density at radius 1 is 1.35 bits per heavy atom. The second kappa shape index (κ2) is 6.41. The number of carbonyl (C=O) groups excluding carboxylic acids is 2. The van der Waals surface area contributed by atoms with Crippen molar-refractivity contribution in [1.82, 2.24) is 4.98 Å². The SMILES string of the molecule is CCOC(=O)c1[nH]c(/C=C/C(=O)OC(C)(C)C)cc1C. The zero-order valence-electron chi connectivity index (χ0n) is 12.6. The summed E-state index contributed by atoms with van der Waals surface area (Å²) in [6.07, 6.45) is 2.90. The maximum atomic E-state index is 11.6. The van der Waals surface area contributed by atoms with Gasteiger partial charge >= 0.3 is 11.9 Å². The Labute approximate surface area is 119 Å². The monoisotopic (exact) mass is 279 g/mol. The van der Waals surface area contributed by atoms with E-state index in [0.29, 0.717) is 18.0 Å². The van der Waals surface area contributed by atoms with Crippen molar-refractivity contribution in [3.05, 3.63) is 29.1 Å². The molecule has 0 aliphatic carbocycles. The summed E-state index contributed by atoms with van der Waals surface area (Å²) in [6, 6.07) is 1.77. The second-order valence-corrected chi connectivity index (χ2v) is 5.37. The van der Waals surface area contributed by atoms with E-state index >= 15 is 0 Å². The van der Waals surface area contributed by atoms with Gasteiger partial charge in [0.25, 0.3) is 0 Å². The van der Waals surface area contributed by atoms with Gasteiger partial charge in [-0.2, -0.15) is 0 Å². The van der Waals surface area contributed by atoms with Crippen LogP contribution >= 0.6 is 0 Å². The minimum absolute atomic E-state index is 0.320. The first-order valence-electron chi connectivity index (χ1n) is 6.50. The number of hydrogen-bond donors (Lipinski definition) is 1. The molecule has 0 aliphatic heterocycles.